The summed E-state index contributed by atoms with van der Waals surface area (Å²) in [6.45, 7) is 1.19. The Labute approximate surface area is 111 Å². The van der Waals surface area contributed by atoms with Crippen LogP contribution in [0.3, 0.4) is 0 Å². The number of carboxylic acid groups (broad SMARTS) is 1. The number of aromatic amines is 1. The molecule has 1 heterocycles. The van der Waals surface area contributed by atoms with E-state index in [1.54, 1.807) is 0 Å². The molecule has 0 aromatic carbocycles. The molecule has 0 fully saturated rings. The number of H-pyrrole nitrogens is 1. The fourth-order valence-electron chi connectivity index (χ4n) is 0.167. The molecule has 0 unspecified atom stereocenters. The van der Waals surface area contributed by atoms with Crippen LogP contribution < -0.4 is 68.0 Å². The largest absolute Gasteiger partial charge is 1.00 e. The number of carbonyl (C=O) groups is 1. The number of hydrogen-bond donors (Lipinski definition) is 3. The minimum atomic E-state index is -1.41. The summed E-state index contributed by atoms with van der Waals surface area (Å²) in [6.07, 6.45) is -1.41. The van der Waals surface area contributed by atoms with Gasteiger partial charge in [0.05, 0.1) is 0 Å². The van der Waals surface area contributed by atoms with Gasteiger partial charge in [0.25, 0.3) is 0 Å². The summed E-state index contributed by atoms with van der Waals surface area (Å²) in [7, 11) is 0. The number of hydrogen-bond acceptors (Lipinski definition) is 6. The summed E-state index contributed by atoms with van der Waals surface area (Å²) in [4.78, 5) is 10.1. The van der Waals surface area contributed by atoms with Gasteiger partial charge in [-0.25, -0.2) is 0 Å². The van der Waals surface area contributed by atoms with Gasteiger partial charge in [0.2, 0.25) is 0 Å². The van der Waals surface area contributed by atoms with Crippen molar-refractivity contribution in [2.24, 2.45) is 11.5 Å². The van der Waals surface area contributed by atoms with E-state index in [1.807, 2.05) is 5.21 Å². The maximum Gasteiger partial charge on any atom is 1.00 e. The Bertz CT molecular complexity index is 186. The quantitative estimate of drug-likeness (QED) is 0.385. The Hall–Kier alpha value is 0.226. The SMILES string of the molecule is NCCN.O=C([O-])n1nn[nH]1.[K+]. The fraction of sp³-hybridized carbons (Fsp3) is 0.667. The van der Waals surface area contributed by atoms with Gasteiger partial charge in [-0.05, 0) is 10.4 Å². The fourth-order valence-corrected chi connectivity index (χ4v) is 0.167. The first-order chi connectivity index (χ1) is 5.22. The van der Waals surface area contributed by atoms with Crippen molar-refractivity contribution in [2.45, 2.75) is 0 Å². The predicted molar refractivity (Wildman–Crippen MR) is 33.3 cm³/mol. The molecule has 0 bridgehead atoms. The van der Waals surface area contributed by atoms with Gasteiger partial charge in [-0.1, -0.05) is 0 Å². The van der Waals surface area contributed by atoms with Crippen molar-refractivity contribution in [3.63, 3.8) is 0 Å². The van der Waals surface area contributed by atoms with E-state index in [0.29, 0.717) is 17.9 Å². The molecule has 1 aromatic rings. The van der Waals surface area contributed by atoms with Crippen molar-refractivity contribution >= 4 is 6.09 Å². The van der Waals surface area contributed by atoms with Gasteiger partial charge in [-0.3, -0.25) is 0 Å². The second kappa shape index (κ2) is 9.32. The van der Waals surface area contributed by atoms with Crippen molar-refractivity contribution in [1.82, 2.24) is 20.4 Å². The Kier molecular flexibility index (Phi) is 11.4. The first-order valence-corrected chi connectivity index (χ1v) is 2.80. The second-order valence-electron chi connectivity index (χ2n) is 1.44. The van der Waals surface area contributed by atoms with Crippen LogP contribution in [0.15, 0.2) is 0 Å². The second-order valence-corrected chi connectivity index (χ2v) is 1.44. The smallest absolute Gasteiger partial charge is 0.527 e. The standard InChI is InChI=1S/C2H8N2.CH2N4O2.K/c3-1-2-4;6-1(7)5-3-2-4-5;/h1-4H2;(H,3,4)(H,6,7);/q;;+1/p-1. The maximum atomic E-state index is 9.58. The van der Waals surface area contributed by atoms with Gasteiger partial charge in [0.15, 0.2) is 6.09 Å². The van der Waals surface area contributed by atoms with Crippen molar-refractivity contribution in [3.8, 4) is 0 Å². The third-order valence-electron chi connectivity index (χ3n) is 0.613. The van der Waals surface area contributed by atoms with E-state index >= 15 is 0 Å². The molecule has 5 N–H and O–H groups in total. The Morgan fingerprint density at radius 2 is 1.92 bits per heavy atom. The first kappa shape index (κ1) is 14.7. The van der Waals surface area contributed by atoms with E-state index in [2.05, 4.69) is 10.4 Å². The number of aromatic nitrogens is 4. The molecule has 0 aliphatic carbocycles. The normalized spacial score (nSPS) is 7.83. The van der Waals surface area contributed by atoms with Crippen LogP contribution in [0.4, 0.5) is 4.79 Å². The van der Waals surface area contributed by atoms with E-state index in [0.717, 1.165) is 0 Å². The number of nitrogens with one attached hydrogen (secondary N) is 1. The number of nitrogens with two attached hydrogens (primary N) is 2. The van der Waals surface area contributed by atoms with Crippen LogP contribution in [0, 0.1) is 0 Å². The Morgan fingerprint density at radius 1 is 1.50 bits per heavy atom. The van der Waals surface area contributed by atoms with Crippen LogP contribution in [0.1, 0.15) is 0 Å². The first-order valence-electron chi connectivity index (χ1n) is 2.80. The van der Waals surface area contributed by atoms with Crippen LogP contribution in [0.5, 0.6) is 0 Å². The number of carbonyl (C=O) groups excluding carboxylic acids is 1. The molecule has 0 aliphatic rings. The molecule has 0 aliphatic heterocycles. The molecule has 8 nitrogen and oxygen atoms in total. The molecule has 1 aromatic heterocycles. The summed E-state index contributed by atoms with van der Waals surface area (Å²) < 4.78 is 0. The minimum absolute atomic E-state index is 0. The Morgan fingerprint density at radius 3 is 1.92 bits per heavy atom. The van der Waals surface area contributed by atoms with Gasteiger partial charge in [-0.15, -0.1) is 4.80 Å². The van der Waals surface area contributed by atoms with E-state index in [1.165, 1.54) is 0 Å². The monoisotopic (exact) mass is 200 g/mol. The maximum absolute atomic E-state index is 9.58. The third kappa shape index (κ3) is 6.91. The third-order valence-corrected chi connectivity index (χ3v) is 0.613. The minimum Gasteiger partial charge on any atom is -0.527 e. The van der Waals surface area contributed by atoms with Gasteiger partial charge >= 0.3 is 51.4 Å². The summed E-state index contributed by atoms with van der Waals surface area (Å²) in [5.41, 5.74) is 9.81. The van der Waals surface area contributed by atoms with Crippen LogP contribution in [0.25, 0.3) is 0 Å². The molecular formula is C3H9KN6O2. The molecule has 0 saturated heterocycles. The summed E-state index contributed by atoms with van der Waals surface area (Å²) in [5.74, 6) is 0. The van der Waals surface area contributed by atoms with Crippen molar-refractivity contribution in [3.05, 3.63) is 0 Å². The van der Waals surface area contributed by atoms with E-state index in [9.17, 15) is 9.90 Å². The van der Waals surface area contributed by atoms with Crippen LogP contribution in [0.2, 0.25) is 0 Å². The van der Waals surface area contributed by atoms with Crippen molar-refractivity contribution < 1.29 is 61.3 Å². The molecular weight excluding hydrogens is 191 g/mol. The zero-order valence-corrected chi connectivity index (χ0v) is 9.85. The van der Waals surface area contributed by atoms with Crippen molar-refractivity contribution in [1.29, 1.82) is 0 Å². The molecule has 0 radical (unpaired) electrons. The molecule has 64 valence electrons. The predicted octanol–water partition coefficient (Wildman–Crippen LogP) is -6.29. The van der Waals surface area contributed by atoms with Crippen LogP contribution in [-0.2, 0) is 0 Å². The van der Waals surface area contributed by atoms with Gasteiger partial charge < -0.3 is 21.4 Å². The zero-order chi connectivity index (χ0) is 8.69. The molecule has 0 saturated carbocycles. The average Bonchev–Trinajstić information content (AvgIpc) is 1.83. The van der Waals surface area contributed by atoms with Crippen molar-refractivity contribution in [2.75, 3.05) is 13.1 Å². The summed E-state index contributed by atoms with van der Waals surface area (Å²) in [5, 5.41) is 17.5. The molecule has 9 heteroatoms. The van der Waals surface area contributed by atoms with E-state index in [4.69, 9.17) is 11.5 Å². The van der Waals surface area contributed by atoms with Crippen LogP contribution >= 0.6 is 0 Å². The molecule has 0 spiro atoms. The van der Waals surface area contributed by atoms with E-state index in [-0.39, 0.29) is 51.4 Å². The summed E-state index contributed by atoms with van der Waals surface area (Å²) in [6, 6.07) is 0. The Balaban J connectivity index is 0. The number of nitrogens with zero attached hydrogens (tertiary/aromatic N) is 3. The average molecular weight is 200 g/mol. The van der Waals surface area contributed by atoms with Gasteiger partial charge in [0, 0.05) is 13.1 Å². The molecule has 1 rings (SSSR count). The summed E-state index contributed by atoms with van der Waals surface area (Å²) >= 11 is 0. The zero-order valence-electron chi connectivity index (χ0n) is 6.73. The van der Waals surface area contributed by atoms with Gasteiger partial charge in [0.1, 0.15) is 0 Å². The topological polar surface area (TPSA) is 139 Å². The molecule has 0 atom stereocenters. The van der Waals surface area contributed by atoms with Gasteiger partial charge in [-0.2, -0.15) is 5.21 Å². The molecule has 0 amide bonds. The number of rotatable bonds is 1. The van der Waals surface area contributed by atoms with Crippen LogP contribution in [-0.4, -0.2) is 39.6 Å². The molecule has 12 heavy (non-hydrogen) atoms. The van der Waals surface area contributed by atoms with E-state index < -0.39 is 6.09 Å².